The molecule has 116 valence electrons. The topological polar surface area (TPSA) is 49.9 Å². The third kappa shape index (κ3) is 4.54. The number of rotatable bonds is 3. The molecule has 1 aliphatic rings. The summed E-state index contributed by atoms with van der Waals surface area (Å²) in [5, 5.41) is 0. The number of hydrogen-bond donors (Lipinski definition) is 0. The van der Waals surface area contributed by atoms with Crippen LogP contribution in [0.3, 0.4) is 0 Å². The van der Waals surface area contributed by atoms with Gasteiger partial charge in [0, 0.05) is 19.1 Å². The highest BCUT2D eigenvalue weighted by molar-refractivity contribution is 6.27. The number of amides is 2. The highest BCUT2D eigenvalue weighted by atomic mass is 35.5. The minimum absolute atomic E-state index is 0.0220. The summed E-state index contributed by atoms with van der Waals surface area (Å²) in [7, 11) is 0. The third-order valence-electron chi connectivity index (χ3n) is 3.17. The zero-order valence-corrected chi connectivity index (χ0v) is 13.7. The first kappa shape index (κ1) is 17.1. The summed E-state index contributed by atoms with van der Waals surface area (Å²) in [5.41, 5.74) is -0.501. The van der Waals surface area contributed by atoms with Crippen molar-refractivity contribution in [2.45, 2.75) is 58.7 Å². The third-order valence-corrected chi connectivity index (χ3v) is 3.40. The lowest BCUT2D eigenvalue weighted by atomic mass is 10.1. The zero-order valence-electron chi connectivity index (χ0n) is 13.0. The van der Waals surface area contributed by atoms with Gasteiger partial charge in [-0.05, 0) is 41.0 Å². The molecule has 6 heteroatoms. The lowest BCUT2D eigenvalue weighted by Crippen LogP contribution is -2.47. The van der Waals surface area contributed by atoms with Gasteiger partial charge < -0.3 is 14.5 Å². The van der Waals surface area contributed by atoms with E-state index in [-0.39, 0.29) is 30.0 Å². The van der Waals surface area contributed by atoms with E-state index in [0.717, 1.165) is 6.42 Å². The van der Waals surface area contributed by atoms with Gasteiger partial charge in [0.2, 0.25) is 5.91 Å². The molecule has 5 nitrogen and oxygen atoms in total. The average molecular weight is 305 g/mol. The first-order valence-corrected chi connectivity index (χ1v) is 7.54. The van der Waals surface area contributed by atoms with E-state index >= 15 is 0 Å². The van der Waals surface area contributed by atoms with Gasteiger partial charge in [-0.25, -0.2) is 4.79 Å². The Kier molecular flexibility index (Phi) is 5.68. The van der Waals surface area contributed by atoms with Crippen molar-refractivity contribution in [3.05, 3.63) is 0 Å². The summed E-state index contributed by atoms with van der Waals surface area (Å²) < 4.78 is 5.35. The Hall–Kier alpha value is -0.970. The smallest absolute Gasteiger partial charge is 0.410 e. The number of carbonyl (C=O) groups excluding carboxylic acids is 2. The van der Waals surface area contributed by atoms with E-state index in [1.807, 2.05) is 34.6 Å². The van der Waals surface area contributed by atoms with Crippen LogP contribution in [-0.4, -0.2) is 58.5 Å². The Labute approximate surface area is 126 Å². The summed E-state index contributed by atoms with van der Waals surface area (Å²) in [6.07, 6.45) is 0.446. The first-order valence-electron chi connectivity index (χ1n) is 7.00. The maximum absolute atomic E-state index is 12.0. The van der Waals surface area contributed by atoms with Gasteiger partial charge in [-0.2, -0.15) is 0 Å². The van der Waals surface area contributed by atoms with Crippen molar-refractivity contribution in [3.8, 4) is 0 Å². The summed E-state index contributed by atoms with van der Waals surface area (Å²) in [6.45, 7) is 10.6. The van der Waals surface area contributed by atoms with Crippen LogP contribution < -0.4 is 0 Å². The molecule has 0 saturated carbocycles. The molecule has 0 aromatic carbocycles. The molecule has 0 bridgehead atoms. The summed E-state index contributed by atoms with van der Waals surface area (Å²) in [6, 6.07) is 0.0959. The van der Waals surface area contributed by atoms with Gasteiger partial charge >= 0.3 is 6.09 Å². The molecule has 0 aromatic heterocycles. The van der Waals surface area contributed by atoms with Gasteiger partial charge in [-0.15, -0.1) is 11.6 Å². The molecule has 1 saturated heterocycles. The van der Waals surface area contributed by atoms with E-state index in [1.165, 1.54) is 0 Å². The number of likely N-dealkylation sites (tertiary alicyclic amines) is 1. The molecule has 0 aliphatic carbocycles. The SMILES string of the molecule is CC(C)N(C(=O)CCl)C1CCN(C(=O)OC(C)(C)C)C1. The van der Waals surface area contributed by atoms with Crippen LogP contribution in [0, 0.1) is 0 Å². The van der Waals surface area contributed by atoms with Crippen LogP contribution in [0.5, 0.6) is 0 Å². The van der Waals surface area contributed by atoms with Crippen molar-refractivity contribution in [3.63, 3.8) is 0 Å². The average Bonchev–Trinajstić information content (AvgIpc) is 2.75. The molecule has 0 N–H and O–H groups in total. The molecule has 1 heterocycles. The first-order chi connectivity index (χ1) is 9.15. The second kappa shape index (κ2) is 6.66. The second-order valence-corrected chi connectivity index (χ2v) is 6.66. The van der Waals surface area contributed by atoms with Crippen LogP contribution in [0.25, 0.3) is 0 Å². The van der Waals surface area contributed by atoms with E-state index in [9.17, 15) is 9.59 Å². The standard InChI is InChI=1S/C14H25ClN2O3/c1-10(2)17(12(18)8-15)11-6-7-16(9-11)13(19)20-14(3,4)5/h10-11H,6-9H2,1-5H3. The Morgan fingerprint density at radius 1 is 1.40 bits per heavy atom. The monoisotopic (exact) mass is 304 g/mol. The van der Waals surface area contributed by atoms with Crippen molar-refractivity contribution < 1.29 is 14.3 Å². The Morgan fingerprint density at radius 3 is 2.45 bits per heavy atom. The number of hydrogen-bond acceptors (Lipinski definition) is 3. The molecular weight excluding hydrogens is 280 g/mol. The summed E-state index contributed by atoms with van der Waals surface area (Å²) in [4.78, 5) is 27.4. The Balaban J connectivity index is 2.66. The molecule has 2 amide bonds. The Bertz CT molecular complexity index is 366. The van der Waals surface area contributed by atoms with Crippen LogP contribution >= 0.6 is 11.6 Å². The minimum Gasteiger partial charge on any atom is -0.444 e. The largest absolute Gasteiger partial charge is 0.444 e. The maximum Gasteiger partial charge on any atom is 0.410 e. The number of ether oxygens (including phenoxy) is 1. The van der Waals surface area contributed by atoms with Crippen LogP contribution in [0.2, 0.25) is 0 Å². The quantitative estimate of drug-likeness (QED) is 0.753. The minimum atomic E-state index is -0.501. The van der Waals surface area contributed by atoms with E-state index in [0.29, 0.717) is 13.1 Å². The fraction of sp³-hybridized carbons (Fsp3) is 0.857. The van der Waals surface area contributed by atoms with Gasteiger partial charge in [-0.1, -0.05) is 0 Å². The molecule has 0 spiro atoms. The van der Waals surface area contributed by atoms with E-state index in [1.54, 1.807) is 9.80 Å². The van der Waals surface area contributed by atoms with Crippen molar-refractivity contribution in [2.75, 3.05) is 19.0 Å². The van der Waals surface area contributed by atoms with Crippen molar-refractivity contribution in [1.29, 1.82) is 0 Å². The van der Waals surface area contributed by atoms with E-state index < -0.39 is 5.60 Å². The number of carbonyl (C=O) groups is 2. The highest BCUT2D eigenvalue weighted by Gasteiger charge is 2.35. The maximum atomic E-state index is 12.0. The molecule has 1 fully saturated rings. The summed E-state index contributed by atoms with van der Waals surface area (Å²) in [5.74, 6) is -0.112. The van der Waals surface area contributed by atoms with Gasteiger partial charge in [0.15, 0.2) is 0 Å². The van der Waals surface area contributed by atoms with Crippen molar-refractivity contribution in [2.24, 2.45) is 0 Å². The van der Waals surface area contributed by atoms with Crippen LogP contribution in [0.4, 0.5) is 4.79 Å². The lowest BCUT2D eigenvalue weighted by Gasteiger charge is -2.32. The fourth-order valence-corrected chi connectivity index (χ4v) is 2.58. The molecule has 1 rings (SSSR count). The van der Waals surface area contributed by atoms with Crippen molar-refractivity contribution >= 4 is 23.6 Å². The normalized spacial score (nSPS) is 19.4. The molecule has 0 radical (unpaired) electrons. The number of nitrogens with zero attached hydrogens (tertiary/aromatic N) is 2. The van der Waals surface area contributed by atoms with Crippen LogP contribution in [0.15, 0.2) is 0 Å². The molecule has 0 aromatic rings. The van der Waals surface area contributed by atoms with Crippen molar-refractivity contribution in [1.82, 2.24) is 9.80 Å². The van der Waals surface area contributed by atoms with E-state index in [4.69, 9.17) is 16.3 Å². The predicted octanol–water partition coefficient (Wildman–Crippen LogP) is 2.47. The lowest BCUT2D eigenvalue weighted by molar-refractivity contribution is -0.132. The molecule has 1 unspecified atom stereocenters. The number of alkyl halides is 1. The highest BCUT2D eigenvalue weighted by Crippen LogP contribution is 2.21. The van der Waals surface area contributed by atoms with E-state index in [2.05, 4.69) is 0 Å². The van der Waals surface area contributed by atoms with Crippen LogP contribution in [0.1, 0.15) is 41.0 Å². The predicted molar refractivity (Wildman–Crippen MR) is 78.9 cm³/mol. The van der Waals surface area contributed by atoms with Gasteiger partial charge in [0.25, 0.3) is 0 Å². The Morgan fingerprint density at radius 2 is 2.00 bits per heavy atom. The second-order valence-electron chi connectivity index (χ2n) is 6.40. The fourth-order valence-electron chi connectivity index (χ4n) is 2.44. The zero-order chi connectivity index (χ0) is 15.5. The molecule has 1 atom stereocenters. The van der Waals surface area contributed by atoms with Crippen LogP contribution in [-0.2, 0) is 9.53 Å². The molecular formula is C14H25ClN2O3. The molecule has 20 heavy (non-hydrogen) atoms. The van der Waals surface area contributed by atoms with Gasteiger partial charge in [0.1, 0.15) is 11.5 Å². The van der Waals surface area contributed by atoms with Gasteiger partial charge in [0.05, 0.1) is 6.04 Å². The summed E-state index contributed by atoms with van der Waals surface area (Å²) >= 11 is 5.66. The van der Waals surface area contributed by atoms with Gasteiger partial charge in [-0.3, -0.25) is 4.79 Å². The molecule has 1 aliphatic heterocycles. The number of halogens is 1.